The molecule has 1 N–H and O–H groups in total. The Morgan fingerprint density at radius 3 is 2.67 bits per heavy atom. The second-order valence-corrected chi connectivity index (χ2v) is 6.05. The molecule has 0 aliphatic carbocycles. The van der Waals surface area contributed by atoms with E-state index in [0.717, 1.165) is 11.3 Å². The normalized spacial score (nSPS) is 12.5. The van der Waals surface area contributed by atoms with Crippen LogP contribution in [0, 0.1) is 6.92 Å². The maximum absolute atomic E-state index is 5.36. The Morgan fingerprint density at radius 2 is 1.95 bits per heavy atom. The molecule has 2 aromatic carbocycles. The molecule has 1 unspecified atom stereocenters. The lowest BCUT2D eigenvalue weighted by Crippen LogP contribution is -2.17. The van der Waals surface area contributed by atoms with Gasteiger partial charge < -0.3 is 10.1 Å². The Hall–Kier alpha value is -1.84. The number of fused-ring (bicyclic) bond motifs is 1. The van der Waals surface area contributed by atoms with Crippen LogP contribution in [0.1, 0.15) is 22.7 Å². The maximum Gasteiger partial charge on any atom is 0.121 e. The predicted molar refractivity (Wildman–Crippen MR) is 90.5 cm³/mol. The van der Waals surface area contributed by atoms with E-state index in [2.05, 4.69) is 54.0 Å². The van der Waals surface area contributed by atoms with Crippen molar-refractivity contribution >= 4 is 21.4 Å². The van der Waals surface area contributed by atoms with E-state index < -0.39 is 0 Å². The number of aryl methyl sites for hydroxylation is 1. The first kappa shape index (κ1) is 14.1. The molecule has 0 aliphatic heterocycles. The minimum atomic E-state index is 0.200. The first-order chi connectivity index (χ1) is 10.2. The molecule has 1 aromatic heterocycles. The van der Waals surface area contributed by atoms with Gasteiger partial charge in [-0.3, -0.25) is 0 Å². The van der Waals surface area contributed by atoms with Gasteiger partial charge in [-0.1, -0.05) is 30.3 Å². The summed E-state index contributed by atoms with van der Waals surface area (Å²) in [4.78, 5) is 0. The number of methoxy groups -OCH3 is 1. The summed E-state index contributed by atoms with van der Waals surface area (Å²) < 4.78 is 6.69. The lowest BCUT2D eigenvalue weighted by atomic mass is 9.97. The second-order valence-electron chi connectivity index (χ2n) is 5.14. The average Bonchev–Trinajstić information content (AvgIpc) is 2.93. The van der Waals surface area contributed by atoms with Gasteiger partial charge in [-0.15, -0.1) is 11.3 Å². The molecule has 0 saturated carbocycles. The van der Waals surface area contributed by atoms with Gasteiger partial charge in [0, 0.05) is 4.70 Å². The minimum absolute atomic E-state index is 0.200. The summed E-state index contributed by atoms with van der Waals surface area (Å²) in [5, 5.41) is 7.03. The van der Waals surface area contributed by atoms with E-state index in [-0.39, 0.29) is 6.04 Å². The number of ether oxygens (including phenoxy) is 1. The van der Waals surface area contributed by atoms with Crippen LogP contribution in [0.15, 0.2) is 47.8 Å². The Labute approximate surface area is 129 Å². The molecule has 0 amide bonds. The van der Waals surface area contributed by atoms with Gasteiger partial charge >= 0.3 is 0 Å². The zero-order valence-electron chi connectivity index (χ0n) is 12.5. The number of hydrogen-bond acceptors (Lipinski definition) is 3. The minimum Gasteiger partial charge on any atom is -0.496 e. The zero-order chi connectivity index (χ0) is 14.8. The second kappa shape index (κ2) is 5.88. The SMILES string of the molecule is CNC(c1ccc(OC)c(C)c1)c1csc2ccccc12. The highest BCUT2D eigenvalue weighted by atomic mass is 32.1. The molecule has 0 radical (unpaired) electrons. The predicted octanol–water partition coefficient (Wildman–Crippen LogP) is 4.53. The largest absolute Gasteiger partial charge is 0.496 e. The van der Waals surface area contributed by atoms with Crippen LogP contribution in [0.5, 0.6) is 5.75 Å². The highest BCUT2D eigenvalue weighted by Crippen LogP contribution is 2.34. The number of benzene rings is 2. The molecule has 108 valence electrons. The number of thiophene rings is 1. The Morgan fingerprint density at radius 1 is 1.14 bits per heavy atom. The van der Waals surface area contributed by atoms with E-state index in [9.17, 15) is 0 Å². The van der Waals surface area contributed by atoms with E-state index in [4.69, 9.17) is 4.74 Å². The first-order valence-corrected chi connectivity index (χ1v) is 7.90. The van der Waals surface area contributed by atoms with Crippen molar-refractivity contribution in [3.63, 3.8) is 0 Å². The molecular weight excluding hydrogens is 278 g/mol. The standard InChI is InChI=1S/C18H19NOS/c1-12-10-13(8-9-16(12)20-3)18(19-2)15-11-21-17-7-5-4-6-14(15)17/h4-11,18-19H,1-3H3. The van der Waals surface area contributed by atoms with Crippen LogP contribution in [0.25, 0.3) is 10.1 Å². The fraction of sp³-hybridized carbons (Fsp3) is 0.222. The number of nitrogens with one attached hydrogen (secondary N) is 1. The summed E-state index contributed by atoms with van der Waals surface area (Å²) in [6.07, 6.45) is 0. The summed E-state index contributed by atoms with van der Waals surface area (Å²) in [5.74, 6) is 0.934. The highest BCUT2D eigenvalue weighted by molar-refractivity contribution is 7.17. The van der Waals surface area contributed by atoms with Crippen LogP contribution in [0.4, 0.5) is 0 Å². The van der Waals surface area contributed by atoms with Crippen LogP contribution in [0.3, 0.4) is 0 Å². The number of rotatable bonds is 4. The fourth-order valence-electron chi connectivity index (χ4n) is 2.80. The van der Waals surface area contributed by atoms with Crippen LogP contribution in [-0.4, -0.2) is 14.2 Å². The van der Waals surface area contributed by atoms with Gasteiger partial charge in [0.1, 0.15) is 5.75 Å². The van der Waals surface area contributed by atoms with Crippen LogP contribution >= 0.6 is 11.3 Å². The lowest BCUT2D eigenvalue weighted by Gasteiger charge is -2.18. The van der Waals surface area contributed by atoms with Crippen molar-refractivity contribution in [1.29, 1.82) is 0 Å². The third kappa shape index (κ3) is 2.55. The first-order valence-electron chi connectivity index (χ1n) is 7.02. The van der Waals surface area contributed by atoms with Gasteiger partial charge in [-0.05, 0) is 53.6 Å². The van der Waals surface area contributed by atoms with Crippen LogP contribution in [-0.2, 0) is 0 Å². The molecule has 1 atom stereocenters. The monoisotopic (exact) mass is 297 g/mol. The lowest BCUT2D eigenvalue weighted by molar-refractivity contribution is 0.411. The van der Waals surface area contributed by atoms with Crippen LogP contribution < -0.4 is 10.1 Å². The summed E-state index contributed by atoms with van der Waals surface area (Å²) in [6.45, 7) is 2.08. The van der Waals surface area contributed by atoms with E-state index >= 15 is 0 Å². The molecule has 3 heteroatoms. The fourth-order valence-corrected chi connectivity index (χ4v) is 3.79. The highest BCUT2D eigenvalue weighted by Gasteiger charge is 2.17. The Kier molecular flexibility index (Phi) is 3.95. The van der Waals surface area contributed by atoms with E-state index in [1.54, 1.807) is 18.4 Å². The molecule has 21 heavy (non-hydrogen) atoms. The Bertz CT molecular complexity index is 763. The van der Waals surface area contributed by atoms with Gasteiger partial charge in [0.2, 0.25) is 0 Å². The maximum atomic E-state index is 5.36. The van der Waals surface area contributed by atoms with Crippen molar-refractivity contribution in [2.45, 2.75) is 13.0 Å². The molecule has 1 heterocycles. The topological polar surface area (TPSA) is 21.3 Å². The van der Waals surface area contributed by atoms with Gasteiger partial charge in [0.25, 0.3) is 0 Å². The quantitative estimate of drug-likeness (QED) is 0.764. The third-order valence-corrected chi connectivity index (χ3v) is 4.84. The Balaban J connectivity index is 2.08. The molecule has 3 aromatic rings. The average molecular weight is 297 g/mol. The van der Waals surface area contributed by atoms with Crippen molar-refractivity contribution in [3.05, 3.63) is 64.5 Å². The summed E-state index contributed by atoms with van der Waals surface area (Å²) in [6, 6.07) is 15.2. The zero-order valence-corrected chi connectivity index (χ0v) is 13.3. The van der Waals surface area contributed by atoms with Crippen molar-refractivity contribution in [2.75, 3.05) is 14.2 Å². The van der Waals surface area contributed by atoms with E-state index in [1.807, 2.05) is 13.1 Å². The molecule has 0 saturated heterocycles. The van der Waals surface area contributed by atoms with Crippen molar-refractivity contribution in [1.82, 2.24) is 5.32 Å². The molecule has 2 nitrogen and oxygen atoms in total. The van der Waals surface area contributed by atoms with Gasteiger partial charge in [-0.2, -0.15) is 0 Å². The molecule has 0 fully saturated rings. The van der Waals surface area contributed by atoms with E-state index in [1.165, 1.54) is 21.2 Å². The van der Waals surface area contributed by atoms with Gasteiger partial charge in [0.15, 0.2) is 0 Å². The van der Waals surface area contributed by atoms with Crippen LogP contribution in [0.2, 0.25) is 0 Å². The molecule has 0 bridgehead atoms. The van der Waals surface area contributed by atoms with Crippen molar-refractivity contribution < 1.29 is 4.74 Å². The van der Waals surface area contributed by atoms with Gasteiger partial charge in [-0.25, -0.2) is 0 Å². The number of hydrogen-bond donors (Lipinski definition) is 1. The third-order valence-electron chi connectivity index (χ3n) is 3.86. The molecule has 3 rings (SSSR count). The van der Waals surface area contributed by atoms with Crippen molar-refractivity contribution in [2.24, 2.45) is 0 Å². The summed E-state index contributed by atoms with van der Waals surface area (Å²) >= 11 is 1.80. The van der Waals surface area contributed by atoms with Gasteiger partial charge in [0.05, 0.1) is 13.2 Å². The summed E-state index contributed by atoms with van der Waals surface area (Å²) in [7, 11) is 3.72. The van der Waals surface area contributed by atoms with Crippen molar-refractivity contribution in [3.8, 4) is 5.75 Å². The smallest absolute Gasteiger partial charge is 0.121 e. The molecule has 0 spiro atoms. The van der Waals surface area contributed by atoms with E-state index in [0.29, 0.717) is 0 Å². The summed E-state index contributed by atoms with van der Waals surface area (Å²) in [5.41, 5.74) is 3.76. The molecular formula is C18H19NOS. The molecule has 0 aliphatic rings.